The molecule has 1 aromatic rings. The van der Waals surface area contributed by atoms with Crippen molar-refractivity contribution in [1.82, 2.24) is 9.21 Å². The lowest BCUT2D eigenvalue weighted by Crippen LogP contribution is -2.56. The molecule has 2 aliphatic rings. The highest BCUT2D eigenvalue weighted by molar-refractivity contribution is 7.88. The number of carboxylic acid groups (broad SMARTS) is 1. The van der Waals surface area contributed by atoms with Gasteiger partial charge in [0.15, 0.2) is 0 Å². The number of halogens is 3. The fourth-order valence-electron chi connectivity index (χ4n) is 3.07. The minimum Gasteiger partial charge on any atom is -0.475 e. The Morgan fingerprint density at radius 2 is 1.96 bits per heavy atom. The Balaban J connectivity index is 0.000000277. The molecule has 3 rings (SSSR count). The van der Waals surface area contributed by atoms with E-state index in [9.17, 15) is 21.6 Å². The van der Waals surface area contributed by atoms with Crippen LogP contribution in [0.5, 0.6) is 0 Å². The maximum absolute atomic E-state index is 11.5. The maximum Gasteiger partial charge on any atom is 0.490 e. The molecule has 0 radical (unpaired) electrons. The molecule has 2 aliphatic heterocycles. The number of likely N-dealkylation sites (tertiary alicyclic amines) is 1. The Morgan fingerprint density at radius 1 is 1.36 bits per heavy atom. The van der Waals surface area contributed by atoms with Gasteiger partial charge in [0.05, 0.1) is 6.26 Å². The summed E-state index contributed by atoms with van der Waals surface area (Å²) in [6.07, 6.45) is -2.75. The number of carbonyl (C=O) groups is 1. The molecule has 0 atom stereocenters. The van der Waals surface area contributed by atoms with Crippen LogP contribution in [0.15, 0.2) is 17.5 Å². The van der Waals surface area contributed by atoms with Crippen molar-refractivity contribution in [2.24, 2.45) is 5.41 Å². The Morgan fingerprint density at radius 3 is 2.36 bits per heavy atom. The first-order valence-corrected chi connectivity index (χ1v) is 10.1. The zero-order valence-electron chi connectivity index (χ0n) is 13.5. The molecule has 25 heavy (non-hydrogen) atoms. The van der Waals surface area contributed by atoms with E-state index in [1.54, 1.807) is 15.6 Å². The highest BCUT2D eigenvalue weighted by Crippen LogP contribution is 2.41. The topological polar surface area (TPSA) is 77.9 Å². The minimum atomic E-state index is -5.08. The van der Waals surface area contributed by atoms with Crippen LogP contribution in [0, 0.1) is 5.41 Å². The largest absolute Gasteiger partial charge is 0.490 e. The fraction of sp³-hybridized carbons (Fsp3) is 0.643. The molecule has 2 saturated heterocycles. The zero-order valence-corrected chi connectivity index (χ0v) is 15.1. The molecule has 0 aromatic carbocycles. The van der Waals surface area contributed by atoms with Gasteiger partial charge in [-0.3, -0.25) is 4.90 Å². The van der Waals surface area contributed by atoms with Gasteiger partial charge in [-0.25, -0.2) is 17.5 Å². The van der Waals surface area contributed by atoms with Crippen LogP contribution in [0.25, 0.3) is 0 Å². The number of nitrogens with zero attached hydrogens (tertiary/aromatic N) is 2. The molecule has 6 nitrogen and oxygen atoms in total. The van der Waals surface area contributed by atoms with E-state index in [4.69, 9.17) is 9.90 Å². The summed E-state index contributed by atoms with van der Waals surface area (Å²) < 4.78 is 56.4. The van der Waals surface area contributed by atoms with Crippen LogP contribution in [0.2, 0.25) is 0 Å². The second kappa shape index (κ2) is 7.22. The highest BCUT2D eigenvalue weighted by Gasteiger charge is 2.49. The van der Waals surface area contributed by atoms with Crippen molar-refractivity contribution in [3.63, 3.8) is 0 Å². The van der Waals surface area contributed by atoms with Crippen molar-refractivity contribution in [1.29, 1.82) is 0 Å². The van der Waals surface area contributed by atoms with Crippen molar-refractivity contribution in [3.05, 3.63) is 22.4 Å². The molecule has 1 N–H and O–H groups in total. The van der Waals surface area contributed by atoms with Gasteiger partial charge in [0, 0.05) is 43.0 Å². The van der Waals surface area contributed by atoms with Gasteiger partial charge in [-0.05, 0) is 17.9 Å². The summed E-state index contributed by atoms with van der Waals surface area (Å²) in [6, 6.07) is 4.24. The highest BCUT2D eigenvalue weighted by atomic mass is 32.2. The van der Waals surface area contributed by atoms with E-state index in [2.05, 4.69) is 22.4 Å². The van der Waals surface area contributed by atoms with Crippen molar-refractivity contribution in [3.8, 4) is 0 Å². The normalized spacial score (nSPS) is 20.8. The number of hydrogen-bond acceptors (Lipinski definition) is 5. The van der Waals surface area contributed by atoms with Gasteiger partial charge < -0.3 is 5.11 Å². The van der Waals surface area contributed by atoms with E-state index in [1.807, 2.05) is 0 Å². The lowest BCUT2D eigenvalue weighted by Gasteiger charge is -2.48. The first-order chi connectivity index (χ1) is 11.4. The van der Waals surface area contributed by atoms with E-state index in [-0.39, 0.29) is 5.41 Å². The summed E-state index contributed by atoms with van der Waals surface area (Å²) in [5.41, 5.74) is 0.236. The number of rotatable bonds is 3. The van der Waals surface area contributed by atoms with E-state index >= 15 is 0 Å². The number of thiophene rings is 1. The lowest BCUT2D eigenvalue weighted by molar-refractivity contribution is -0.192. The number of hydrogen-bond donors (Lipinski definition) is 1. The smallest absolute Gasteiger partial charge is 0.475 e. The van der Waals surface area contributed by atoms with E-state index < -0.39 is 22.2 Å². The molecule has 0 aliphatic carbocycles. The molecule has 142 valence electrons. The maximum atomic E-state index is 11.5. The summed E-state index contributed by atoms with van der Waals surface area (Å²) in [4.78, 5) is 12.7. The van der Waals surface area contributed by atoms with Crippen LogP contribution >= 0.6 is 11.3 Å². The van der Waals surface area contributed by atoms with Crippen LogP contribution in [0.1, 0.15) is 11.3 Å². The van der Waals surface area contributed by atoms with Crippen molar-refractivity contribution >= 4 is 27.3 Å². The molecule has 0 amide bonds. The van der Waals surface area contributed by atoms with Crippen LogP contribution in [-0.2, 0) is 21.4 Å². The Kier molecular flexibility index (Phi) is 5.81. The summed E-state index contributed by atoms with van der Waals surface area (Å²) in [5.74, 6) is -2.76. The number of carboxylic acids is 1. The predicted octanol–water partition coefficient (Wildman–Crippen LogP) is 1.85. The number of alkyl halides is 3. The van der Waals surface area contributed by atoms with Gasteiger partial charge in [0.1, 0.15) is 0 Å². The van der Waals surface area contributed by atoms with E-state index in [0.29, 0.717) is 13.1 Å². The van der Waals surface area contributed by atoms with Gasteiger partial charge in [-0.2, -0.15) is 13.2 Å². The van der Waals surface area contributed by atoms with Crippen LogP contribution in [-0.4, -0.2) is 67.3 Å². The van der Waals surface area contributed by atoms with Gasteiger partial charge in [-0.1, -0.05) is 6.07 Å². The Bertz CT molecular complexity index is 698. The third-order valence-electron chi connectivity index (χ3n) is 4.19. The summed E-state index contributed by atoms with van der Waals surface area (Å²) in [6.45, 7) is 4.50. The lowest BCUT2D eigenvalue weighted by atomic mass is 9.79. The molecule has 2 fully saturated rings. The van der Waals surface area contributed by atoms with Crippen molar-refractivity contribution in [2.75, 3.05) is 32.4 Å². The molecular weight excluding hydrogens is 381 g/mol. The minimum absolute atomic E-state index is 0.236. The summed E-state index contributed by atoms with van der Waals surface area (Å²) in [7, 11) is -3.00. The Labute approximate surface area is 147 Å². The third-order valence-corrected chi connectivity index (χ3v) is 6.30. The van der Waals surface area contributed by atoms with Gasteiger partial charge in [0.25, 0.3) is 0 Å². The van der Waals surface area contributed by atoms with Crippen molar-refractivity contribution < 1.29 is 31.5 Å². The summed E-state index contributed by atoms with van der Waals surface area (Å²) >= 11 is 1.79. The van der Waals surface area contributed by atoms with Gasteiger partial charge in [0.2, 0.25) is 10.0 Å². The SMILES string of the molecule is CS(=O)(=O)N1CCC2(CN(Cc3cccs3)C2)C1.O=C(O)C(F)(F)F. The van der Waals surface area contributed by atoms with E-state index in [1.165, 1.54) is 11.1 Å². The first kappa shape index (κ1) is 20.1. The molecule has 1 aromatic heterocycles. The molecule has 0 saturated carbocycles. The first-order valence-electron chi connectivity index (χ1n) is 7.41. The standard InChI is InChI=1S/C12H18N2O2S2.C2HF3O2/c1-18(15,16)14-5-4-12(10-14)8-13(9-12)7-11-3-2-6-17-11;3-2(4,5)1(6)7/h2-3,6H,4-5,7-10H2,1H3;(H,6,7). The van der Waals surface area contributed by atoms with Crippen LogP contribution in [0.3, 0.4) is 0 Å². The predicted molar refractivity (Wildman–Crippen MR) is 86.8 cm³/mol. The van der Waals surface area contributed by atoms with Crippen LogP contribution in [0.4, 0.5) is 13.2 Å². The molecule has 3 heterocycles. The quantitative estimate of drug-likeness (QED) is 0.838. The average molecular weight is 400 g/mol. The molecular formula is C14H19F3N2O4S2. The molecule has 0 bridgehead atoms. The van der Waals surface area contributed by atoms with Gasteiger partial charge in [-0.15, -0.1) is 11.3 Å². The molecule has 1 spiro atoms. The second-order valence-electron chi connectivity index (χ2n) is 6.37. The number of aliphatic carboxylic acids is 1. The Hall–Kier alpha value is -1.17. The van der Waals surface area contributed by atoms with E-state index in [0.717, 1.165) is 26.1 Å². The number of sulfonamides is 1. The average Bonchev–Trinajstić information content (AvgIpc) is 3.06. The molecule has 11 heteroatoms. The van der Waals surface area contributed by atoms with Gasteiger partial charge >= 0.3 is 12.1 Å². The monoisotopic (exact) mass is 400 g/mol. The second-order valence-corrected chi connectivity index (χ2v) is 9.39. The summed E-state index contributed by atoms with van der Waals surface area (Å²) in [5, 5.41) is 9.23. The fourth-order valence-corrected chi connectivity index (χ4v) is 4.75. The van der Waals surface area contributed by atoms with Crippen LogP contribution < -0.4 is 0 Å². The molecule has 0 unspecified atom stereocenters. The third kappa shape index (κ3) is 5.40. The zero-order chi connectivity index (χ0) is 18.9. The van der Waals surface area contributed by atoms with Crippen molar-refractivity contribution in [2.45, 2.75) is 19.1 Å².